The summed E-state index contributed by atoms with van der Waals surface area (Å²) in [4.78, 5) is 12.0. The average Bonchev–Trinajstić information content (AvgIpc) is 2.87. The first kappa shape index (κ1) is 24.6. The summed E-state index contributed by atoms with van der Waals surface area (Å²) in [6.07, 6.45) is -0.891. The van der Waals surface area contributed by atoms with E-state index in [0.717, 1.165) is 33.0 Å². The molecule has 180 valence electrons. The molecule has 2 atom stereocenters. The molecule has 4 rings (SSSR count). The fourth-order valence-corrected chi connectivity index (χ4v) is 4.90. The number of benzene rings is 4. The van der Waals surface area contributed by atoms with Crippen molar-refractivity contribution in [2.75, 3.05) is 18.5 Å². The van der Waals surface area contributed by atoms with Crippen LogP contribution in [0.4, 0.5) is 11.4 Å². The van der Waals surface area contributed by atoms with E-state index >= 15 is 0 Å². The van der Waals surface area contributed by atoms with Crippen LogP contribution in [0.5, 0.6) is 0 Å². The van der Waals surface area contributed by atoms with Crippen molar-refractivity contribution in [3.05, 3.63) is 95.6 Å². The second-order valence-corrected chi connectivity index (χ2v) is 9.04. The molecule has 0 heterocycles. The Morgan fingerprint density at radius 3 is 2.20 bits per heavy atom. The number of aryl methyl sites for hydroxylation is 2. The van der Waals surface area contributed by atoms with Gasteiger partial charge in [-0.25, -0.2) is 4.79 Å². The molecule has 1 unspecified atom stereocenters. The molecular formula is C28H26NO5S-. The summed E-state index contributed by atoms with van der Waals surface area (Å²) < 4.78 is 36.2. The fourth-order valence-electron chi connectivity index (χ4n) is 4.29. The number of anilines is 2. The van der Waals surface area contributed by atoms with E-state index in [9.17, 15) is 13.6 Å². The van der Waals surface area contributed by atoms with Gasteiger partial charge < -0.3 is 14.0 Å². The summed E-state index contributed by atoms with van der Waals surface area (Å²) in [5, 5.41) is 1.76. The van der Waals surface area contributed by atoms with Crippen LogP contribution in [0.25, 0.3) is 21.9 Å². The third-order valence-corrected chi connectivity index (χ3v) is 6.74. The van der Waals surface area contributed by atoms with Gasteiger partial charge in [0, 0.05) is 12.5 Å². The van der Waals surface area contributed by atoms with Crippen LogP contribution in [0.15, 0.2) is 78.9 Å². The Balaban J connectivity index is 1.83. The summed E-state index contributed by atoms with van der Waals surface area (Å²) in [6.45, 7) is 4.12. The van der Waals surface area contributed by atoms with Crippen LogP contribution >= 0.6 is 0 Å². The molecule has 4 aromatic rings. The van der Waals surface area contributed by atoms with E-state index in [0.29, 0.717) is 16.9 Å². The number of carbonyl (C=O) groups is 1. The molecule has 0 aliphatic rings. The van der Waals surface area contributed by atoms with Crippen molar-refractivity contribution < 1.29 is 23.0 Å². The van der Waals surface area contributed by atoms with Crippen molar-refractivity contribution in [2.45, 2.75) is 20.0 Å². The van der Waals surface area contributed by atoms with Crippen molar-refractivity contribution in [2.24, 2.45) is 0 Å². The predicted octanol–water partition coefficient (Wildman–Crippen LogP) is 5.92. The average molecular weight is 489 g/mol. The van der Waals surface area contributed by atoms with Crippen LogP contribution in [0, 0.1) is 13.8 Å². The molecule has 0 aromatic heterocycles. The lowest BCUT2D eigenvalue weighted by Gasteiger charge is -2.28. The van der Waals surface area contributed by atoms with Gasteiger partial charge in [-0.1, -0.05) is 66.2 Å². The Labute approximate surface area is 207 Å². The quantitative estimate of drug-likeness (QED) is 0.238. The van der Waals surface area contributed by atoms with Crippen molar-refractivity contribution >= 4 is 39.4 Å². The van der Waals surface area contributed by atoms with Gasteiger partial charge in [0.05, 0.1) is 29.8 Å². The first-order valence-corrected chi connectivity index (χ1v) is 12.1. The molecule has 0 spiro atoms. The number of ether oxygens (including phenoxy) is 2. The van der Waals surface area contributed by atoms with E-state index in [1.54, 1.807) is 24.3 Å². The largest absolute Gasteiger partial charge is 0.755 e. The third kappa shape index (κ3) is 4.84. The number of methoxy groups -OCH3 is 2. The molecular weight excluding hydrogens is 462 g/mol. The molecule has 35 heavy (non-hydrogen) atoms. The van der Waals surface area contributed by atoms with Gasteiger partial charge in [0.25, 0.3) is 0 Å². The Hall–Kier alpha value is -3.52. The minimum atomic E-state index is -2.59. The summed E-state index contributed by atoms with van der Waals surface area (Å²) in [5.41, 5.74) is 5.99. The number of nitrogens with zero attached hydrogens (tertiary/aromatic N) is 1. The molecule has 0 N–H and O–H groups in total. The van der Waals surface area contributed by atoms with Crippen LogP contribution in [0.1, 0.15) is 22.8 Å². The molecule has 0 fully saturated rings. The maximum Gasteiger partial charge on any atom is 0.339 e. The predicted molar refractivity (Wildman–Crippen MR) is 138 cm³/mol. The number of carbonyl (C=O) groups excluding carboxylic acids is 1. The van der Waals surface area contributed by atoms with Gasteiger partial charge in [0.2, 0.25) is 0 Å². The summed E-state index contributed by atoms with van der Waals surface area (Å²) >= 11 is -2.59. The fraction of sp³-hybridized carbons (Fsp3) is 0.179. The van der Waals surface area contributed by atoms with Gasteiger partial charge >= 0.3 is 5.97 Å². The van der Waals surface area contributed by atoms with Crippen molar-refractivity contribution in [1.82, 2.24) is 0 Å². The number of hydrogen-bond acceptors (Lipinski definition) is 5. The van der Waals surface area contributed by atoms with E-state index in [1.165, 1.54) is 18.5 Å². The van der Waals surface area contributed by atoms with Gasteiger partial charge in [0.15, 0.2) is 6.10 Å². The van der Waals surface area contributed by atoms with Gasteiger partial charge in [-0.2, -0.15) is 0 Å². The molecule has 0 saturated heterocycles. The van der Waals surface area contributed by atoms with E-state index in [4.69, 9.17) is 9.47 Å². The smallest absolute Gasteiger partial charge is 0.339 e. The first-order valence-electron chi connectivity index (χ1n) is 11.0. The lowest BCUT2D eigenvalue weighted by atomic mass is 9.93. The van der Waals surface area contributed by atoms with E-state index in [-0.39, 0.29) is 0 Å². The lowest BCUT2D eigenvalue weighted by Crippen LogP contribution is -2.20. The van der Waals surface area contributed by atoms with Crippen LogP contribution in [0.3, 0.4) is 0 Å². The van der Waals surface area contributed by atoms with Crippen LogP contribution in [-0.2, 0) is 25.5 Å². The zero-order chi connectivity index (χ0) is 25.1. The van der Waals surface area contributed by atoms with E-state index in [1.807, 2.05) is 36.4 Å². The maximum absolute atomic E-state index is 12.5. The Morgan fingerprint density at radius 1 is 0.886 bits per heavy atom. The molecule has 0 amide bonds. The highest BCUT2D eigenvalue weighted by molar-refractivity contribution is 7.81. The second kappa shape index (κ2) is 10.4. The monoisotopic (exact) mass is 488 g/mol. The van der Waals surface area contributed by atoms with Crippen LogP contribution in [-0.4, -0.2) is 29.0 Å². The van der Waals surface area contributed by atoms with E-state index < -0.39 is 23.3 Å². The standard InChI is InChI=1S/C28H27NO5S/c1-18-9-10-19(2)25(17-18)23-15-16-26(24-8-6-5-7-22(23)24)29(35(31)32)21-13-11-20(12-14-21)27(33-3)28(30)34-4/h5-17,27H,1-4H3,(H,31,32)/p-1/t27-/m0/s1. The zero-order valence-electron chi connectivity index (χ0n) is 20.0. The number of esters is 1. The van der Waals surface area contributed by atoms with Gasteiger partial charge in [-0.3, -0.25) is 8.51 Å². The molecule has 0 bridgehead atoms. The highest BCUT2D eigenvalue weighted by Gasteiger charge is 2.22. The number of hydrogen-bond donors (Lipinski definition) is 0. The molecule has 6 nitrogen and oxygen atoms in total. The second-order valence-electron chi connectivity index (χ2n) is 8.24. The van der Waals surface area contributed by atoms with Crippen molar-refractivity contribution in [1.29, 1.82) is 0 Å². The van der Waals surface area contributed by atoms with Crippen molar-refractivity contribution in [3.63, 3.8) is 0 Å². The molecule has 0 aliphatic heterocycles. The SMILES string of the molecule is COC(=O)[C@@H](OC)c1ccc(N(c2ccc(-c3cc(C)ccc3C)c3ccccc23)S(=O)[O-])cc1. The molecule has 0 saturated carbocycles. The number of rotatable bonds is 7. The Kier molecular flexibility index (Phi) is 7.31. The number of fused-ring (bicyclic) bond motifs is 1. The lowest BCUT2D eigenvalue weighted by molar-refractivity contribution is -0.152. The zero-order valence-corrected chi connectivity index (χ0v) is 20.8. The molecule has 0 aliphatic carbocycles. The first-order chi connectivity index (χ1) is 16.8. The van der Waals surface area contributed by atoms with Crippen LogP contribution in [0.2, 0.25) is 0 Å². The van der Waals surface area contributed by atoms with Gasteiger partial charge in [-0.05, 0) is 59.7 Å². The molecule has 0 radical (unpaired) electrons. The minimum Gasteiger partial charge on any atom is -0.755 e. The molecule has 7 heteroatoms. The normalized spacial score (nSPS) is 12.8. The maximum atomic E-state index is 12.5. The summed E-state index contributed by atoms with van der Waals surface area (Å²) in [5.74, 6) is -0.530. The minimum absolute atomic E-state index is 0.437. The highest BCUT2D eigenvalue weighted by Crippen LogP contribution is 2.39. The topological polar surface area (TPSA) is 78.9 Å². The van der Waals surface area contributed by atoms with Gasteiger partial charge in [0.1, 0.15) is 0 Å². The van der Waals surface area contributed by atoms with Crippen LogP contribution < -0.4 is 4.31 Å². The third-order valence-electron chi connectivity index (χ3n) is 6.03. The van der Waals surface area contributed by atoms with Gasteiger partial charge in [-0.15, -0.1) is 0 Å². The highest BCUT2D eigenvalue weighted by atomic mass is 32.2. The Morgan fingerprint density at radius 2 is 1.57 bits per heavy atom. The van der Waals surface area contributed by atoms with E-state index in [2.05, 4.69) is 32.0 Å². The Bertz CT molecular complexity index is 1400. The summed E-state index contributed by atoms with van der Waals surface area (Å²) in [6, 6.07) is 24.5. The summed E-state index contributed by atoms with van der Waals surface area (Å²) in [7, 11) is 2.70. The van der Waals surface area contributed by atoms with Crippen molar-refractivity contribution in [3.8, 4) is 11.1 Å². The molecule has 4 aromatic carbocycles.